The van der Waals surface area contributed by atoms with Gasteiger partial charge in [0.25, 0.3) is 0 Å². The van der Waals surface area contributed by atoms with Crippen molar-refractivity contribution in [3.8, 4) is 0 Å². The zero-order valence-electron chi connectivity index (χ0n) is 11.9. The summed E-state index contributed by atoms with van der Waals surface area (Å²) in [5.41, 5.74) is 1.19. The minimum atomic E-state index is -0.874. The summed E-state index contributed by atoms with van der Waals surface area (Å²) in [5.74, 6) is -0.0833. The molecule has 0 saturated heterocycles. The predicted octanol–water partition coefficient (Wildman–Crippen LogP) is 2.63. The van der Waals surface area contributed by atoms with Gasteiger partial charge < -0.3 is 10.0 Å². The molecule has 1 aromatic carbocycles. The Morgan fingerprint density at radius 3 is 2.50 bits per heavy atom. The number of thioether (sulfide) groups is 1. The van der Waals surface area contributed by atoms with E-state index in [1.54, 1.807) is 16.7 Å². The van der Waals surface area contributed by atoms with Crippen LogP contribution in [-0.2, 0) is 15.3 Å². The number of hydrogen-bond acceptors (Lipinski definition) is 3. The molecule has 0 aliphatic heterocycles. The minimum Gasteiger partial charge on any atom is -0.481 e. The summed E-state index contributed by atoms with van der Waals surface area (Å²) in [6.07, 6.45) is -0.00431. The van der Waals surface area contributed by atoms with E-state index in [-0.39, 0.29) is 24.1 Å². The van der Waals surface area contributed by atoms with Crippen LogP contribution < -0.4 is 0 Å². The van der Waals surface area contributed by atoms with Crippen molar-refractivity contribution in [2.24, 2.45) is 0 Å². The molecule has 110 valence electrons. The van der Waals surface area contributed by atoms with Gasteiger partial charge in [0.15, 0.2) is 0 Å². The van der Waals surface area contributed by atoms with Crippen LogP contribution in [0, 0.1) is 0 Å². The van der Waals surface area contributed by atoms with Gasteiger partial charge in [0.1, 0.15) is 0 Å². The lowest BCUT2D eigenvalue weighted by Crippen LogP contribution is -2.37. The summed E-state index contributed by atoms with van der Waals surface area (Å²) >= 11 is 1.58. The lowest BCUT2D eigenvalue weighted by molar-refractivity contribution is -0.138. The number of rotatable bonds is 8. The topological polar surface area (TPSA) is 57.6 Å². The van der Waals surface area contributed by atoms with E-state index < -0.39 is 5.97 Å². The van der Waals surface area contributed by atoms with E-state index in [4.69, 9.17) is 5.11 Å². The number of amides is 1. The van der Waals surface area contributed by atoms with Crippen molar-refractivity contribution >= 4 is 23.6 Å². The van der Waals surface area contributed by atoms with Crippen LogP contribution in [-0.4, -0.2) is 40.2 Å². The molecule has 0 fully saturated rings. The maximum absolute atomic E-state index is 12.2. The summed E-state index contributed by atoms with van der Waals surface area (Å²) in [6, 6.07) is 9.99. The van der Waals surface area contributed by atoms with Crippen molar-refractivity contribution in [2.75, 3.05) is 13.1 Å². The van der Waals surface area contributed by atoms with Crippen LogP contribution in [0.15, 0.2) is 30.3 Å². The average Bonchev–Trinajstić information content (AvgIpc) is 2.46. The first-order valence-electron chi connectivity index (χ1n) is 6.70. The predicted molar refractivity (Wildman–Crippen MR) is 81.7 cm³/mol. The monoisotopic (exact) mass is 295 g/mol. The van der Waals surface area contributed by atoms with E-state index in [0.717, 1.165) is 5.75 Å². The lowest BCUT2D eigenvalue weighted by Gasteiger charge is -2.23. The lowest BCUT2D eigenvalue weighted by atomic mass is 10.2. The van der Waals surface area contributed by atoms with E-state index in [1.807, 2.05) is 44.2 Å². The van der Waals surface area contributed by atoms with Crippen LogP contribution in [0.2, 0.25) is 0 Å². The van der Waals surface area contributed by atoms with E-state index in [9.17, 15) is 9.59 Å². The summed E-state index contributed by atoms with van der Waals surface area (Å²) in [5, 5.41) is 8.52. The fourth-order valence-corrected chi connectivity index (χ4v) is 2.71. The van der Waals surface area contributed by atoms with Gasteiger partial charge in [-0.3, -0.25) is 9.59 Å². The highest BCUT2D eigenvalue weighted by atomic mass is 32.2. The molecule has 0 aromatic heterocycles. The fourth-order valence-electron chi connectivity index (χ4n) is 1.78. The number of carboxylic acid groups (broad SMARTS) is 1. The summed E-state index contributed by atoms with van der Waals surface area (Å²) in [6.45, 7) is 4.57. The van der Waals surface area contributed by atoms with Gasteiger partial charge in [0.2, 0.25) is 5.91 Å². The van der Waals surface area contributed by atoms with Crippen LogP contribution in [0.25, 0.3) is 0 Å². The molecule has 1 unspecified atom stereocenters. The highest BCUT2D eigenvalue weighted by molar-refractivity contribution is 7.99. The molecule has 0 aliphatic rings. The maximum Gasteiger partial charge on any atom is 0.305 e. The number of hydrogen-bond donors (Lipinski definition) is 1. The van der Waals surface area contributed by atoms with Gasteiger partial charge >= 0.3 is 5.97 Å². The van der Waals surface area contributed by atoms with Crippen LogP contribution in [0.3, 0.4) is 0 Å². The Bertz CT molecular complexity index is 436. The van der Waals surface area contributed by atoms with Crippen molar-refractivity contribution < 1.29 is 14.7 Å². The zero-order chi connectivity index (χ0) is 15.0. The molecule has 20 heavy (non-hydrogen) atoms. The standard InChI is InChI=1S/C15H21NO3S/c1-3-16(10-9-14(17)18)15(19)12(2)20-11-13-7-5-4-6-8-13/h4-8,12H,3,9-11H2,1-2H3,(H,17,18). The molecule has 1 rings (SSSR count). The van der Waals surface area contributed by atoms with E-state index >= 15 is 0 Å². The Labute approximate surface area is 124 Å². The minimum absolute atomic E-state index is 0.00431. The second-order valence-corrected chi connectivity index (χ2v) is 5.83. The van der Waals surface area contributed by atoms with Crippen LogP contribution in [0.4, 0.5) is 0 Å². The highest BCUT2D eigenvalue weighted by Crippen LogP contribution is 2.19. The van der Waals surface area contributed by atoms with Gasteiger partial charge in [-0.1, -0.05) is 30.3 Å². The molecule has 0 spiro atoms. The van der Waals surface area contributed by atoms with Crippen molar-refractivity contribution in [3.63, 3.8) is 0 Å². The normalized spacial score (nSPS) is 11.9. The van der Waals surface area contributed by atoms with Crippen molar-refractivity contribution in [3.05, 3.63) is 35.9 Å². The Kier molecular flexibility index (Phi) is 7.15. The van der Waals surface area contributed by atoms with Crippen LogP contribution in [0.5, 0.6) is 0 Å². The molecule has 0 aliphatic carbocycles. The molecule has 1 atom stereocenters. The molecule has 0 radical (unpaired) electrons. The molecule has 1 amide bonds. The summed E-state index contributed by atoms with van der Waals surface area (Å²) < 4.78 is 0. The van der Waals surface area contributed by atoms with E-state index in [0.29, 0.717) is 6.54 Å². The summed E-state index contributed by atoms with van der Waals surface area (Å²) in [7, 11) is 0. The molecular weight excluding hydrogens is 274 g/mol. The molecular formula is C15H21NO3S. The number of nitrogens with zero attached hydrogens (tertiary/aromatic N) is 1. The number of carbonyl (C=O) groups is 2. The fraction of sp³-hybridized carbons (Fsp3) is 0.467. The second-order valence-electron chi connectivity index (χ2n) is 4.50. The molecule has 1 aromatic rings. The van der Waals surface area contributed by atoms with Gasteiger partial charge in [-0.2, -0.15) is 0 Å². The first kappa shape index (κ1) is 16.6. The highest BCUT2D eigenvalue weighted by Gasteiger charge is 2.20. The Hall–Kier alpha value is -1.49. The molecule has 0 saturated carbocycles. The number of benzene rings is 1. The number of carboxylic acids is 1. The average molecular weight is 295 g/mol. The smallest absolute Gasteiger partial charge is 0.305 e. The van der Waals surface area contributed by atoms with Crippen LogP contribution >= 0.6 is 11.8 Å². The van der Waals surface area contributed by atoms with E-state index in [2.05, 4.69) is 0 Å². The largest absolute Gasteiger partial charge is 0.481 e. The van der Waals surface area contributed by atoms with Gasteiger partial charge in [0, 0.05) is 18.8 Å². The molecule has 0 bridgehead atoms. The second kappa shape index (κ2) is 8.64. The third kappa shape index (κ3) is 5.65. The van der Waals surface area contributed by atoms with Crippen LogP contribution in [0.1, 0.15) is 25.8 Å². The zero-order valence-corrected chi connectivity index (χ0v) is 12.7. The van der Waals surface area contributed by atoms with Crippen molar-refractivity contribution in [1.29, 1.82) is 0 Å². The first-order chi connectivity index (χ1) is 9.54. The Balaban J connectivity index is 2.46. The number of aliphatic carboxylic acids is 1. The Morgan fingerprint density at radius 2 is 1.95 bits per heavy atom. The third-order valence-electron chi connectivity index (χ3n) is 2.98. The van der Waals surface area contributed by atoms with Crippen molar-refractivity contribution in [1.82, 2.24) is 4.90 Å². The molecule has 5 heteroatoms. The SMILES string of the molecule is CCN(CCC(=O)O)C(=O)C(C)SCc1ccccc1. The van der Waals surface area contributed by atoms with Gasteiger partial charge in [-0.25, -0.2) is 0 Å². The first-order valence-corrected chi connectivity index (χ1v) is 7.75. The summed E-state index contributed by atoms with van der Waals surface area (Å²) in [4.78, 5) is 24.4. The quantitative estimate of drug-likeness (QED) is 0.801. The van der Waals surface area contributed by atoms with Crippen molar-refractivity contribution in [2.45, 2.75) is 31.3 Å². The van der Waals surface area contributed by atoms with Gasteiger partial charge in [-0.15, -0.1) is 11.8 Å². The van der Waals surface area contributed by atoms with Gasteiger partial charge in [0.05, 0.1) is 11.7 Å². The molecule has 1 N–H and O–H groups in total. The maximum atomic E-state index is 12.2. The molecule has 0 heterocycles. The number of carbonyl (C=O) groups excluding carboxylic acids is 1. The Morgan fingerprint density at radius 1 is 1.30 bits per heavy atom. The molecule has 4 nitrogen and oxygen atoms in total. The third-order valence-corrected chi connectivity index (χ3v) is 4.18. The van der Waals surface area contributed by atoms with Gasteiger partial charge in [-0.05, 0) is 19.4 Å². The van der Waals surface area contributed by atoms with E-state index in [1.165, 1.54) is 5.56 Å².